The fourth-order valence-corrected chi connectivity index (χ4v) is 2.73. The highest BCUT2D eigenvalue weighted by atomic mass is 35.5. The molecule has 0 spiro atoms. The lowest BCUT2D eigenvalue weighted by molar-refractivity contribution is -0.139. The minimum absolute atomic E-state index is 0.0276. The van der Waals surface area contributed by atoms with Crippen molar-refractivity contribution < 1.29 is 9.90 Å². The Kier molecular flexibility index (Phi) is 2.67. The van der Waals surface area contributed by atoms with Crippen molar-refractivity contribution in [3.63, 3.8) is 0 Å². The summed E-state index contributed by atoms with van der Waals surface area (Å²) in [6.07, 6.45) is 0. The van der Waals surface area contributed by atoms with Crippen LogP contribution in [0.2, 0.25) is 10.0 Å². The smallest absolute Gasteiger partial charge is 0.307 e. The number of rotatable bonds is 2. The largest absolute Gasteiger partial charge is 0.481 e. The maximum absolute atomic E-state index is 11.1. The van der Waals surface area contributed by atoms with Gasteiger partial charge in [-0.15, -0.1) is 0 Å². The zero-order valence-electron chi connectivity index (χ0n) is 9.00. The van der Waals surface area contributed by atoms with Crippen molar-refractivity contribution in [3.05, 3.63) is 33.8 Å². The predicted molar refractivity (Wildman–Crippen MR) is 64.1 cm³/mol. The third-order valence-corrected chi connectivity index (χ3v) is 4.14. The summed E-state index contributed by atoms with van der Waals surface area (Å²) in [7, 11) is 0. The van der Waals surface area contributed by atoms with Crippen molar-refractivity contribution >= 4 is 29.2 Å². The van der Waals surface area contributed by atoms with Gasteiger partial charge >= 0.3 is 5.97 Å². The summed E-state index contributed by atoms with van der Waals surface area (Å²) in [5.41, 5.74) is 0.745. The molecule has 1 N–H and O–H groups in total. The van der Waals surface area contributed by atoms with Gasteiger partial charge in [0.1, 0.15) is 0 Å². The Morgan fingerprint density at radius 2 is 1.94 bits per heavy atom. The first kappa shape index (κ1) is 11.7. The number of carboxylic acids is 1. The first-order chi connectivity index (χ1) is 7.35. The van der Waals surface area contributed by atoms with E-state index in [0.29, 0.717) is 10.0 Å². The van der Waals surface area contributed by atoms with E-state index in [2.05, 4.69) is 0 Å². The molecule has 4 heteroatoms. The second kappa shape index (κ2) is 3.64. The molecule has 1 fully saturated rings. The molecule has 0 radical (unpaired) electrons. The Balaban J connectivity index is 2.33. The van der Waals surface area contributed by atoms with E-state index in [1.54, 1.807) is 12.1 Å². The average molecular weight is 259 g/mol. The molecule has 86 valence electrons. The summed E-state index contributed by atoms with van der Waals surface area (Å²) in [6, 6.07) is 5.33. The molecule has 0 aliphatic heterocycles. The Morgan fingerprint density at radius 1 is 1.31 bits per heavy atom. The molecule has 0 aromatic heterocycles. The van der Waals surface area contributed by atoms with Gasteiger partial charge < -0.3 is 5.11 Å². The number of hydrogen-bond donors (Lipinski definition) is 1. The molecule has 2 rings (SSSR count). The molecular weight excluding hydrogens is 247 g/mol. The topological polar surface area (TPSA) is 37.3 Å². The second-order valence-electron chi connectivity index (χ2n) is 4.79. The van der Waals surface area contributed by atoms with Crippen LogP contribution >= 0.6 is 23.2 Å². The van der Waals surface area contributed by atoms with Crippen molar-refractivity contribution in [2.45, 2.75) is 19.8 Å². The molecule has 1 saturated carbocycles. The molecule has 2 unspecified atom stereocenters. The molecule has 0 bridgehead atoms. The molecule has 1 aliphatic rings. The zero-order valence-corrected chi connectivity index (χ0v) is 10.5. The summed E-state index contributed by atoms with van der Waals surface area (Å²) >= 11 is 11.8. The molecule has 1 aromatic carbocycles. The Labute approximate surface area is 104 Å². The van der Waals surface area contributed by atoms with Crippen molar-refractivity contribution in [1.82, 2.24) is 0 Å². The van der Waals surface area contributed by atoms with Crippen LogP contribution in [0.3, 0.4) is 0 Å². The Hall–Kier alpha value is -0.730. The van der Waals surface area contributed by atoms with Crippen LogP contribution in [0.4, 0.5) is 0 Å². The third kappa shape index (κ3) is 1.70. The fourth-order valence-electron chi connectivity index (χ4n) is 2.43. The Bertz CT molecular complexity index is 454. The van der Waals surface area contributed by atoms with Gasteiger partial charge in [0.2, 0.25) is 0 Å². The van der Waals surface area contributed by atoms with E-state index >= 15 is 0 Å². The van der Waals surface area contributed by atoms with Crippen LogP contribution in [-0.2, 0) is 4.79 Å². The summed E-state index contributed by atoms with van der Waals surface area (Å²) < 4.78 is 0. The lowest BCUT2D eigenvalue weighted by Crippen LogP contribution is -2.03. The number of carbonyl (C=O) groups is 1. The molecule has 1 aromatic rings. The third-order valence-electron chi connectivity index (χ3n) is 3.40. The molecule has 0 heterocycles. The fraction of sp³-hybridized carbons (Fsp3) is 0.417. The van der Waals surface area contributed by atoms with Gasteiger partial charge in [-0.2, -0.15) is 0 Å². The summed E-state index contributed by atoms with van der Waals surface area (Å²) in [4.78, 5) is 11.1. The quantitative estimate of drug-likeness (QED) is 0.876. The molecule has 16 heavy (non-hydrogen) atoms. The first-order valence-electron chi connectivity index (χ1n) is 5.03. The summed E-state index contributed by atoms with van der Waals surface area (Å²) in [5, 5.41) is 10.1. The molecule has 0 saturated heterocycles. The Morgan fingerprint density at radius 3 is 2.38 bits per heavy atom. The normalized spacial score (nSPS) is 26.5. The minimum atomic E-state index is -0.749. The van der Waals surface area contributed by atoms with Crippen LogP contribution in [0.5, 0.6) is 0 Å². The molecule has 1 aliphatic carbocycles. The summed E-state index contributed by atoms with van der Waals surface area (Å²) in [5.74, 6) is -1.05. The summed E-state index contributed by atoms with van der Waals surface area (Å²) in [6.45, 7) is 3.91. The molecule has 2 atom stereocenters. The van der Waals surface area contributed by atoms with Crippen molar-refractivity contribution in [2.24, 2.45) is 11.3 Å². The maximum atomic E-state index is 11.1. The van der Waals surface area contributed by atoms with Crippen molar-refractivity contribution in [3.8, 4) is 0 Å². The van der Waals surface area contributed by atoms with E-state index in [1.807, 2.05) is 19.9 Å². The van der Waals surface area contributed by atoms with Gasteiger partial charge in [0.05, 0.1) is 16.0 Å². The van der Waals surface area contributed by atoms with E-state index in [1.165, 1.54) is 0 Å². The van der Waals surface area contributed by atoms with Gasteiger partial charge in [0.15, 0.2) is 0 Å². The van der Waals surface area contributed by atoms with Crippen LogP contribution < -0.4 is 0 Å². The number of carboxylic acid groups (broad SMARTS) is 1. The second-order valence-corrected chi connectivity index (χ2v) is 5.60. The molecule has 2 nitrogen and oxygen atoms in total. The van der Waals surface area contributed by atoms with Crippen molar-refractivity contribution in [1.29, 1.82) is 0 Å². The van der Waals surface area contributed by atoms with Crippen LogP contribution in [0, 0.1) is 11.3 Å². The van der Waals surface area contributed by atoms with E-state index in [4.69, 9.17) is 28.3 Å². The predicted octanol–water partition coefficient (Wildman–Crippen LogP) is 3.82. The van der Waals surface area contributed by atoms with E-state index in [-0.39, 0.29) is 17.3 Å². The highest BCUT2D eigenvalue weighted by Crippen LogP contribution is 2.64. The highest BCUT2D eigenvalue weighted by Gasteiger charge is 2.62. The van der Waals surface area contributed by atoms with Gasteiger partial charge in [0, 0.05) is 5.92 Å². The van der Waals surface area contributed by atoms with E-state index < -0.39 is 5.97 Å². The lowest BCUT2D eigenvalue weighted by Gasteiger charge is -2.04. The highest BCUT2D eigenvalue weighted by molar-refractivity contribution is 6.42. The maximum Gasteiger partial charge on any atom is 0.307 e. The van der Waals surface area contributed by atoms with Crippen LogP contribution in [0.1, 0.15) is 25.3 Å². The van der Waals surface area contributed by atoms with Crippen LogP contribution in [0.25, 0.3) is 0 Å². The SMILES string of the molecule is CC1(C)C(C(=O)O)C1c1ccc(Cl)c(Cl)c1. The zero-order chi connectivity index (χ0) is 12.1. The van der Waals surface area contributed by atoms with Gasteiger partial charge in [-0.3, -0.25) is 4.79 Å². The molecule has 0 amide bonds. The first-order valence-corrected chi connectivity index (χ1v) is 5.79. The van der Waals surface area contributed by atoms with Crippen LogP contribution in [0.15, 0.2) is 18.2 Å². The monoisotopic (exact) mass is 258 g/mol. The average Bonchev–Trinajstić information content (AvgIpc) is 2.74. The van der Waals surface area contributed by atoms with Gasteiger partial charge in [-0.25, -0.2) is 0 Å². The lowest BCUT2D eigenvalue weighted by atomic mass is 10.0. The van der Waals surface area contributed by atoms with E-state index in [0.717, 1.165) is 5.56 Å². The minimum Gasteiger partial charge on any atom is -0.481 e. The van der Waals surface area contributed by atoms with Crippen molar-refractivity contribution in [2.75, 3.05) is 0 Å². The number of halogens is 2. The number of benzene rings is 1. The molecular formula is C12H12Cl2O2. The van der Waals surface area contributed by atoms with Gasteiger partial charge in [-0.05, 0) is 23.1 Å². The number of hydrogen-bond acceptors (Lipinski definition) is 1. The standard InChI is InChI=1S/C12H12Cl2O2/c1-12(2)9(10(12)11(15)16)6-3-4-7(13)8(14)5-6/h3-5,9-10H,1-2H3,(H,15,16). The number of aliphatic carboxylic acids is 1. The van der Waals surface area contributed by atoms with Gasteiger partial charge in [0.25, 0.3) is 0 Å². The van der Waals surface area contributed by atoms with Crippen LogP contribution in [-0.4, -0.2) is 11.1 Å². The van der Waals surface area contributed by atoms with E-state index in [9.17, 15) is 4.79 Å². The van der Waals surface area contributed by atoms with Gasteiger partial charge in [-0.1, -0.05) is 43.1 Å².